The van der Waals surface area contributed by atoms with Crippen molar-refractivity contribution < 1.29 is 14.3 Å². The van der Waals surface area contributed by atoms with E-state index in [9.17, 15) is 9.59 Å². The van der Waals surface area contributed by atoms with Gasteiger partial charge in [-0.25, -0.2) is 14.9 Å². The molecule has 0 N–H and O–H groups in total. The Morgan fingerprint density at radius 1 is 1.14 bits per heavy atom. The van der Waals surface area contributed by atoms with Crippen molar-refractivity contribution in [3.63, 3.8) is 0 Å². The molecule has 0 atom stereocenters. The molecule has 8 heteroatoms. The molecule has 0 aromatic carbocycles. The molecule has 4 heterocycles. The molecule has 6 nitrogen and oxygen atoms in total. The normalized spacial score (nSPS) is 18.0. The van der Waals surface area contributed by atoms with Gasteiger partial charge in [-0.2, -0.15) is 0 Å². The Morgan fingerprint density at radius 2 is 1.95 bits per heavy atom. The molecule has 0 saturated heterocycles. The SMILES string of the molecule is O=C1C2=C(SCCO2)C(=O)N1c1ccc2ccc(Cl)nc2n1. The number of hydrogen-bond acceptors (Lipinski definition) is 6. The summed E-state index contributed by atoms with van der Waals surface area (Å²) in [6.07, 6.45) is 0. The largest absolute Gasteiger partial charge is 0.486 e. The number of carbonyl (C=O) groups is 2. The first-order chi connectivity index (χ1) is 10.6. The summed E-state index contributed by atoms with van der Waals surface area (Å²) in [5.74, 6) is 0.0892. The van der Waals surface area contributed by atoms with Crippen LogP contribution in [0.3, 0.4) is 0 Å². The number of aromatic nitrogens is 2. The Labute approximate surface area is 134 Å². The van der Waals surface area contributed by atoms with E-state index in [4.69, 9.17) is 16.3 Å². The fourth-order valence-corrected chi connectivity index (χ4v) is 3.34. The first kappa shape index (κ1) is 13.5. The summed E-state index contributed by atoms with van der Waals surface area (Å²) in [7, 11) is 0. The molecule has 0 spiro atoms. The van der Waals surface area contributed by atoms with E-state index in [2.05, 4.69) is 9.97 Å². The summed E-state index contributed by atoms with van der Waals surface area (Å²) in [6, 6.07) is 6.78. The zero-order valence-corrected chi connectivity index (χ0v) is 12.6. The summed E-state index contributed by atoms with van der Waals surface area (Å²) in [5.41, 5.74) is 0.379. The first-order valence-electron chi connectivity index (χ1n) is 6.47. The first-order valence-corrected chi connectivity index (χ1v) is 7.83. The van der Waals surface area contributed by atoms with Gasteiger partial charge in [-0.1, -0.05) is 11.6 Å². The van der Waals surface area contributed by atoms with Gasteiger partial charge in [0.2, 0.25) is 5.76 Å². The molecular formula is C14H8ClN3O3S. The van der Waals surface area contributed by atoms with Crippen LogP contribution in [0.4, 0.5) is 5.82 Å². The van der Waals surface area contributed by atoms with Crippen molar-refractivity contribution >= 4 is 52.0 Å². The van der Waals surface area contributed by atoms with E-state index in [-0.39, 0.29) is 11.6 Å². The number of hydrogen-bond donors (Lipinski definition) is 0. The Balaban J connectivity index is 1.79. The van der Waals surface area contributed by atoms with Gasteiger partial charge in [0, 0.05) is 11.1 Å². The zero-order chi connectivity index (χ0) is 15.3. The molecule has 0 unspecified atom stereocenters. The summed E-state index contributed by atoms with van der Waals surface area (Å²) in [6.45, 7) is 0.415. The quantitative estimate of drug-likeness (QED) is 0.588. The van der Waals surface area contributed by atoms with E-state index >= 15 is 0 Å². The third-order valence-corrected chi connectivity index (χ3v) is 4.54. The van der Waals surface area contributed by atoms with Crippen molar-refractivity contribution in [1.82, 2.24) is 9.97 Å². The van der Waals surface area contributed by atoms with Crippen LogP contribution in [0.25, 0.3) is 11.0 Å². The Morgan fingerprint density at radius 3 is 2.77 bits per heavy atom. The second kappa shape index (κ2) is 4.96. The smallest absolute Gasteiger partial charge is 0.303 e. The van der Waals surface area contributed by atoms with Crippen molar-refractivity contribution in [2.45, 2.75) is 0 Å². The van der Waals surface area contributed by atoms with Crippen molar-refractivity contribution in [1.29, 1.82) is 0 Å². The predicted octanol–water partition coefficient (Wildman–Crippen LogP) is 2.13. The minimum Gasteiger partial charge on any atom is -0.486 e. The number of nitrogens with zero attached hydrogens (tertiary/aromatic N) is 3. The molecule has 0 bridgehead atoms. The van der Waals surface area contributed by atoms with Gasteiger partial charge in [0.1, 0.15) is 15.9 Å². The number of thioether (sulfide) groups is 1. The maximum atomic E-state index is 12.4. The number of ether oxygens (including phenoxy) is 1. The molecule has 2 aromatic heterocycles. The highest BCUT2D eigenvalue weighted by atomic mass is 35.5. The van der Waals surface area contributed by atoms with Crippen LogP contribution in [0.15, 0.2) is 34.9 Å². The van der Waals surface area contributed by atoms with Crippen molar-refractivity contribution in [2.24, 2.45) is 0 Å². The van der Waals surface area contributed by atoms with Crippen LogP contribution in [0, 0.1) is 0 Å². The molecule has 0 saturated carbocycles. The minimum absolute atomic E-state index is 0.113. The van der Waals surface area contributed by atoms with Gasteiger partial charge in [-0.3, -0.25) is 9.59 Å². The molecule has 4 rings (SSSR count). The maximum Gasteiger partial charge on any atom is 0.303 e. The maximum absolute atomic E-state index is 12.4. The lowest BCUT2D eigenvalue weighted by Crippen LogP contribution is -2.32. The second-order valence-electron chi connectivity index (χ2n) is 4.65. The molecule has 0 radical (unpaired) electrons. The van der Waals surface area contributed by atoms with Crippen molar-refractivity contribution in [2.75, 3.05) is 17.3 Å². The monoisotopic (exact) mass is 333 g/mol. The van der Waals surface area contributed by atoms with Crippen LogP contribution < -0.4 is 4.90 Å². The fourth-order valence-electron chi connectivity index (χ4n) is 2.33. The van der Waals surface area contributed by atoms with Gasteiger partial charge < -0.3 is 4.74 Å². The lowest BCUT2D eigenvalue weighted by Gasteiger charge is -2.13. The van der Waals surface area contributed by atoms with E-state index in [1.165, 1.54) is 11.8 Å². The average molecular weight is 334 g/mol. The summed E-state index contributed by atoms with van der Waals surface area (Å²) < 4.78 is 5.33. The molecule has 2 aliphatic rings. The Hall–Kier alpha value is -2.12. The van der Waals surface area contributed by atoms with Crippen LogP contribution in [0.5, 0.6) is 0 Å². The molecule has 2 amide bonds. The summed E-state index contributed by atoms with van der Waals surface area (Å²) >= 11 is 7.19. The number of imide groups is 1. The molecular weight excluding hydrogens is 326 g/mol. The number of amides is 2. The molecule has 2 aromatic rings. The Kier molecular flexibility index (Phi) is 3.05. The van der Waals surface area contributed by atoms with Crippen LogP contribution in [0.1, 0.15) is 0 Å². The molecule has 110 valence electrons. The van der Waals surface area contributed by atoms with E-state index in [0.717, 1.165) is 10.3 Å². The third-order valence-electron chi connectivity index (χ3n) is 3.31. The van der Waals surface area contributed by atoms with E-state index < -0.39 is 11.8 Å². The van der Waals surface area contributed by atoms with E-state index in [0.29, 0.717) is 28.1 Å². The van der Waals surface area contributed by atoms with Gasteiger partial charge in [0.25, 0.3) is 5.91 Å². The molecule has 0 fully saturated rings. The van der Waals surface area contributed by atoms with Gasteiger partial charge in [0.05, 0.1) is 6.61 Å². The molecule has 22 heavy (non-hydrogen) atoms. The van der Waals surface area contributed by atoms with Crippen molar-refractivity contribution in [3.8, 4) is 0 Å². The van der Waals surface area contributed by atoms with E-state index in [1.807, 2.05) is 0 Å². The predicted molar refractivity (Wildman–Crippen MR) is 82.5 cm³/mol. The standard InChI is InChI=1S/C14H8ClN3O3S/c15-8-3-1-7-2-4-9(17-12(7)16-8)18-13(19)10-11(14(18)20)22-6-5-21-10/h1-4H,5-6H2. The number of pyridine rings is 2. The van der Waals surface area contributed by atoms with Crippen LogP contribution in [-0.2, 0) is 14.3 Å². The molecule has 2 aliphatic heterocycles. The van der Waals surface area contributed by atoms with Crippen LogP contribution in [-0.4, -0.2) is 34.1 Å². The van der Waals surface area contributed by atoms with Gasteiger partial charge in [-0.15, -0.1) is 11.8 Å². The third kappa shape index (κ3) is 1.97. The topological polar surface area (TPSA) is 72.4 Å². The highest BCUT2D eigenvalue weighted by molar-refractivity contribution is 8.04. The van der Waals surface area contributed by atoms with Crippen LogP contribution >= 0.6 is 23.4 Å². The van der Waals surface area contributed by atoms with Gasteiger partial charge >= 0.3 is 5.91 Å². The minimum atomic E-state index is -0.485. The fraction of sp³-hybridized carbons (Fsp3) is 0.143. The lowest BCUT2D eigenvalue weighted by molar-refractivity contribution is -0.121. The van der Waals surface area contributed by atoms with Crippen LogP contribution in [0.2, 0.25) is 5.15 Å². The van der Waals surface area contributed by atoms with Gasteiger partial charge in [0.15, 0.2) is 5.65 Å². The average Bonchev–Trinajstić information content (AvgIpc) is 2.79. The number of rotatable bonds is 1. The second-order valence-corrected chi connectivity index (χ2v) is 6.14. The highest BCUT2D eigenvalue weighted by Gasteiger charge is 2.43. The number of anilines is 1. The Bertz CT molecular complexity index is 840. The molecule has 0 aliphatic carbocycles. The number of carbonyl (C=O) groups excluding carboxylic acids is 2. The number of halogens is 1. The highest BCUT2D eigenvalue weighted by Crippen LogP contribution is 2.36. The zero-order valence-electron chi connectivity index (χ0n) is 11.1. The van der Waals surface area contributed by atoms with E-state index in [1.54, 1.807) is 24.3 Å². The number of fused-ring (bicyclic) bond motifs is 1. The van der Waals surface area contributed by atoms with Crippen molar-refractivity contribution in [3.05, 3.63) is 40.1 Å². The van der Waals surface area contributed by atoms with Gasteiger partial charge in [-0.05, 0) is 24.3 Å². The lowest BCUT2D eigenvalue weighted by atomic mass is 10.3. The summed E-state index contributed by atoms with van der Waals surface area (Å²) in [5, 5.41) is 1.07. The summed E-state index contributed by atoms with van der Waals surface area (Å²) in [4.78, 5) is 34.5.